The van der Waals surface area contributed by atoms with E-state index < -0.39 is 0 Å². The number of benzene rings is 1. The first-order valence-corrected chi connectivity index (χ1v) is 7.12. The van der Waals surface area contributed by atoms with Gasteiger partial charge in [0.25, 0.3) is 5.91 Å². The van der Waals surface area contributed by atoms with E-state index in [4.69, 9.17) is 10.5 Å². The number of aromatic nitrogens is 1. The van der Waals surface area contributed by atoms with E-state index in [0.29, 0.717) is 18.7 Å². The summed E-state index contributed by atoms with van der Waals surface area (Å²) in [6.45, 7) is 2.45. The highest BCUT2D eigenvalue weighted by Gasteiger charge is 2.12. The second-order valence-corrected chi connectivity index (χ2v) is 5.24. The van der Waals surface area contributed by atoms with Crippen LogP contribution in [-0.2, 0) is 6.42 Å². The molecule has 0 atom stereocenters. The first-order chi connectivity index (χ1) is 9.63. The van der Waals surface area contributed by atoms with Gasteiger partial charge < -0.3 is 15.8 Å². The van der Waals surface area contributed by atoms with Crippen LogP contribution >= 0.6 is 23.7 Å². The van der Waals surface area contributed by atoms with E-state index in [1.54, 1.807) is 12.5 Å². The molecule has 0 saturated heterocycles. The summed E-state index contributed by atoms with van der Waals surface area (Å²) in [4.78, 5) is 16.4. The second-order valence-electron chi connectivity index (χ2n) is 4.30. The molecule has 0 bridgehead atoms. The molecule has 3 N–H and O–H groups in total. The van der Waals surface area contributed by atoms with Gasteiger partial charge in [0, 0.05) is 17.5 Å². The number of thiazole rings is 1. The highest BCUT2D eigenvalue weighted by Crippen LogP contribution is 2.22. The normalized spacial score (nSPS) is 9.86. The first-order valence-electron chi connectivity index (χ1n) is 6.24. The van der Waals surface area contributed by atoms with Gasteiger partial charge in [-0.15, -0.1) is 23.7 Å². The maximum absolute atomic E-state index is 12.1. The number of nitrogens with zero attached hydrogens (tertiary/aromatic N) is 1. The maximum atomic E-state index is 12.1. The lowest BCUT2D eigenvalue weighted by Crippen LogP contribution is -2.13. The quantitative estimate of drug-likeness (QED) is 0.885. The Morgan fingerprint density at radius 2 is 2.24 bits per heavy atom. The highest BCUT2D eigenvalue weighted by atomic mass is 35.5. The zero-order valence-electron chi connectivity index (χ0n) is 11.9. The molecule has 2 aromatic rings. The van der Waals surface area contributed by atoms with Crippen molar-refractivity contribution < 1.29 is 9.53 Å². The van der Waals surface area contributed by atoms with Gasteiger partial charge in [0.15, 0.2) is 0 Å². The number of nitrogens with two attached hydrogens (primary N) is 1. The van der Waals surface area contributed by atoms with Crippen LogP contribution in [0.4, 0.5) is 5.69 Å². The molecule has 5 nitrogen and oxygen atoms in total. The number of halogens is 1. The molecular weight excluding hydrogens is 310 g/mol. The highest BCUT2D eigenvalue weighted by molar-refractivity contribution is 7.09. The number of carbonyl (C=O) groups excluding carboxylic acids is 1. The molecule has 2 rings (SSSR count). The number of methoxy groups -OCH3 is 1. The van der Waals surface area contributed by atoms with Crippen molar-refractivity contribution in [2.45, 2.75) is 13.3 Å². The number of hydrogen-bond acceptors (Lipinski definition) is 5. The average molecular weight is 328 g/mol. The van der Waals surface area contributed by atoms with Gasteiger partial charge in [-0.25, -0.2) is 4.98 Å². The zero-order valence-corrected chi connectivity index (χ0v) is 13.5. The van der Waals surface area contributed by atoms with E-state index >= 15 is 0 Å². The van der Waals surface area contributed by atoms with Crippen molar-refractivity contribution in [1.82, 2.24) is 4.98 Å². The summed E-state index contributed by atoms with van der Waals surface area (Å²) in [6, 6.07) is 5.50. The molecule has 21 heavy (non-hydrogen) atoms. The summed E-state index contributed by atoms with van der Waals surface area (Å²) in [7, 11) is 1.61. The number of anilines is 1. The van der Waals surface area contributed by atoms with Gasteiger partial charge in [-0.2, -0.15) is 0 Å². The summed E-state index contributed by atoms with van der Waals surface area (Å²) in [5.74, 6) is 0.553. The monoisotopic (exact) mass is 327 g/mol. The number of ether oxygens (including phenoxy) is 1. The SMILES string of the molecule is COc1ccc(NC(=O)c2csc(CCN)n2)c(C)c1.Cl. The molecule has 0 radical (unpaired) electrons. The van der Waals surface area contributed by atoms with Crippen molar-refractivity contribution in [1.29, 1.82) is 0 Å². The Morgan fingerprint density at radius 3 is 2.86 bits per heavy atom. The summed E-state index contributed by atoms with van der Waals surface area (Å²) < 4.78 is 5.13. The number of nitrogens with one attached hydrogen (secondary N) is 1. The molecule has 0 fully saturated rings. The van der Waals surface area contributed by atoms with Crippen LogP contribution in [0.3, 0.4) is 0 Å². The average Bonchev–Trinajstić information content (AvgIpc) is 2.90. The molecule has 7 heteroatoms. The van der Waals surface area contributed by atoms with Crippen LogP contribution in [0.15, 0.2) is 23.6 Å². The third-order valence-electron chi connectivity index (χ3n) is 2.82. The van der Waals surface area contributed by atoms with Crippen LogP contribution in [0, 0.1) is 6.92 Å². The van der Waals surface area contributed by atoms with Crippen LogP contribution in [0.25, 0.3) is 0 Å². The van der Waals surface area contributed by atoms with Crippen LogP contribution in [0.5, 0.6) is 5.75 Å². The van der Waals surface area contributed by atoms with Gasteiger partial charge in [-0.1, -0.05) is 0 Å². The molecule has 1 aromatic heterocycles. The van der Waals surface area contributed by atoms with E-state index in [9.17, 15) is 4.79 Å². The Morgan fingerprint density at radius 1 is 1.48 bits per heavy atom. The van der Waals surface area contributed by atoms with Gasteiger partial charge in [-0.3, -0.25) is 4.79 Å². The standard InChI is InChI=1S/C14H17N3O2S.ClH/c1-9-7-10(19-2)3-4-11(9)17-14(18)12-8-20-13(16-12)5-6-15;/h3-4,7-8H,5-6,15H2,1-2H3,(H,17,18);1H. The largest absolute Gasteiger partial charge is 0.497 e. The Kier molecular flexibility index (Phi) is 6.61. The molecule has 0 spiro atoms. The number of carbonyl (C=O) groups is 1. The van der Waals surface area contributed by atoms with E-state index in [-0.39, 0.29) is 18.3 Å². The third kappa shape index (κ3) is 4.42. The molecular formula is C14H18ClN3O2S. The lowest BCUT2D eigenvalue weighted by molar-refractivity contribution is 0.102. The summed E-state index contributed by atoms with van der Waals surface area (Å²) in [5, 5.41) is 5.48. The van der Waals surface area contributed by atoms with Crippen molar-refractivity contribution in [2.75, 3.05) is 19.0 Å². The molecule has 0 unspecified atom stereocenters. The van der Waals surface area contributed by atoms with Gasteiger partial charge in [0.2, 0.25) is 0 Å². The van der Waals surface area contributed by atoms with Crippen molar-refractivity contribution in [2.24, 2.45) is 5.73 Å². The Balaban J connectivity index is 0.00000220. The number of rotatable bonds is 5. The van der Waals surface area contributed by atoms with Gasteiger partial charge in [0.05, 0.1) is 12.1 Å². The third-order valence-corrected chi connectivity index (χ3v) is 3.73. The summed E-state index contributed by atoms with van der Waals surface area (Å²) in [6.07, 6.45) is 0.694. The molecule has 0 aliphatic heterocycles. The summed E-state index contributed by atoms with van der Waals surface area (Å²) in [5.41, 5.74) is 7.59. The van der Waals surface area contributed by atoms with E-state index in [1.807, 2.05) is 25.1 Å². The number of amides is 1. The fraction of sp³-hybridized carbons (Fsp3) is 0.286. The number of aryl methyl sites for hydroxylation is 1. The van der Waals surface area contributed by atoms with Crippen LogP contribution in [0.2, 0.25) is 0 Å². The molecule has 0 aliphatic rings. The molecule has 114 valence electrons. The minimum atomic E-state index is -0.210. The van der Waals surface area contributed by atoms with E-state index in [2.05, 4.69) is 10.3 Å². The fourth-order valence-electron chi connectivity index (χ4n) is 1.74. The van der Waals surface area contributed by atoms with Crippen LogP contribution in [0.1, 0.15) is 21.1 Å². The molecule has 0 saturated carbocycles. The zero-order chi connectivity index (χ0) is 14.5. The van der Waals surface area contributed by atoms with E-state index in [1.165, 1.54) is 11.3 Å². The van der Waals surface area contributed by atoms with Gasteiger partial charge >= 0.3 is 0 Å². The summed E-state index contributed by atoms with van der Waals surface area (Å²) >= 11 is 1.45. The molecule has 0 aliphatic carbocycles. The second kappa shape index (κ2) is 7.97. The van der Waals surface area contributed by atoms with E-state index in [0.717, 1.165) is 22.0 Å². The maximum Gasteiger partial charge on any atom is 0.275 e. The lowest BCUT2D eigenvalue weighted by atomic mass is 10.2. The van der Waals surface area contributed by atoms with Crippen LogP contribution < -0.4 is 15.8 Å². The first kappa shape index (κ1) is 17.4. The molecule has 1 aromatic carbocycles. The minimum absolute atomic E-state index is 0. The van der Waals surface area contributed by atoms with Crippen molar-refractivity contribution in [3.05, 3.63) is 39.8 Å². The minimum Gasteiger partial charge on any atom is -0.497 e. The van der Waals surface area contributed by atoms with Crippen molar-refractivity contribution in [3.63, 3.8) is 0 Å². The number of hydrogen-bond donors (Lipinski definition) is 2. The predicted molar refractivity (Wildman–Crippen MR) is 87.8 cm³/mol. The van der Waals surface area contributed by atoms with Gasteiger partial charge in [-0.05, 0) is 37.2 Å². The van der Waals surface area contributed by atoms with Gasteiger partial charge in [0.1, 0.15) is 11.4 Å². The van der Waals surface area contributed by atoms with Crippen molar-refractivity contribution >= 4 is 35.3 Å². The lowest BCUT2D eigenvalue weighted by Gasteiger charge is -2.08. The fourth-order valence-corrected chi connectivity index (χ4v) is 2.54. The molecule has 1 heterocycles. The Hall–Kier alpha value is -1.63. The Labute approximate surface area is 133 Å². The smallest absolute Gasteiger partial charge is 0.275 e. The topological polar surface area (TPSA) is 77.2 Å². The molecule has 1 amide bonds. The van der Waals surface area contributed by atoms with Crippen LogP contribution in [-0.4, -0.2) is 24.5 Å². The Bertz CT molecular complexity index is 616. The van der Waals surface area contributed by atoms with Crippen molar-refractivity contribution in [3.8, 4) is 5.75 Å². The predicted octanol–water partition coefficient (Wildman–Crippen LogP) is 2.64.